The minimum absolute atomic E-state index is 0.169. The summed E-state index contributed by atoms with van der Waals surface area (Å²) in [5.41, 5.74) is 3.20. The number of carbonyl (C=O) groups excluding carboxylic acids is 1. The molecule has 2 fully saturated rings. The summed E-state index contributed by atoms with van der Waals surface area (Å²) in [6, 6.07) is 18.0. The van der Waals surface area contributed by atoms with Crippen LogP contribution in [0.5, 0.6) is 0 Å². The third-order valence-electron chi connectivity index (χ3n) is 6.58. The zero-order chi connectivity index (χ0) is 23.3. The second-order valence-corrected chi connectivity index (χ2v) is 8.94. The van der Waals surface area contributed by atoms with E-state index in [2.05, 4.69) is 39.0 Å². The quantitative estimate of drug-likeness (QED) is 0.559. The van der Waals surface area contributed by atoms with Crippen molar-refractivity contribution in [2.45, 2.75) is 19.5 Å². The highest BCUT2D eigenvalue weighted by atomic mass is 16.5. The summed E-state index contributed by atoms with van der Waals surface area (Å²) in [4.78, 5) is 24.7. The first-order valence-electron chi connectivity index (χ1n) is 11.9. The molecule has 8 heteroatoms. The van der Waals surface area contributed by atoms with Gasteiger partial charge in [0.2, 0.25) is 17.6 Å². The lowest BCUT2D eigenvalue weighted by atomic mass is 10.0. The summed E-state index contributed by atoms with van der Waals surface area (Å²) in [6.07, 6.45) is 0. The summed E-state index contributed by atoms with van der Waals surface area (Å²) in [5.74, 6) is 1.41. The average Bonchev–Trinajstić information content (AvgIpc) is 3.35. The Kier molecular flexibility index (Phi) is 6.99. The van der Waals surface area contributed by atoms with E-state index in [4.69, 9.17) is 9.26 Å². The second-order valence-electron chi connectivity index (χ2n) is 8.94. The van der Waals surface area contributed by atoms with Crippen molar-refractivity contribution < 1.29 is 14.1 Å². The van der Waals surface area contributed by atoms with Crippen molar-refractivity contribution >= 4 is 5.91 Å². The number of piperazine rings is 1. The van der Waals surface area contributed by atoms with E-state index in [1.54, 1.807) is 0 Å². The van der Waals surface area contributed by atoms with Gasteiger partial charge in [-0.2, -0.15) is 4.98 Å². The molecule has 0 aliphatic carbocycles. The summed E-state index contributed by atoms with van der Waals surface area (Å²) >= 11 is 0. The summed E-state index contributed by atoms with van der Waals surface area (Å²) < 4.78 is 11.0. The summed E-state index contributed by atoms with van der Waals surface area (Å²) in [5, 5.41) is 4.16. The zero-order valence-corrected chi connectivity index (χ0v) is 19.6. The van der Waals surface area contributed by atoms with Gasteiger partial charge in [0.25, 0.3) is 0 Å². The third kappa shape index (κ3) is 5.19. The van der Waals surface area contributed by atoms with Crippen molar-refractivity contribution in [3.8, 4) is 11.4 Å². The molecule has 2 aliphatic rings. The number of hydrogen-bond acceptors (Lipinski definition) is 7. The highest BCUT2D eigenvalue weighted by Crippen LogP contribution is 2.26. The van der Waals surface area contributed by atoms with Crippen LogP contribution in [0.4, 0.5) is 0 Å². The number of morpholine rings is 1. The Bertz CT molecular complexity index is 1070. The normalized spacial score (nSPS) is 18.7. The Labute approximate surface area is 200 Å². The lowest BCUT2D eigenvalue weighted by Crippen LogP contribution is -2.52. The van der Waals surface area contributed by atoms with Gasteiger partial charge in [0.15, 0.2) is 0 Å². The molecule has 0 saturated carbocycles. The fourth-order valence-electron chi connectivity index (χ4n) is 4.61. The number of aryl methyl sites for hydroxylation is 1. The topological polar surface area (TPSA) is 74.9 Å². The van der Waals surface area contributed by atoms with Crippen LogP contribution in [-0.2, 0) is 16.1 Å². The van der Waals surface area contributed by atoms with Gasteiger partial charge in [-0.25, -0.2) is 0 Å². The lowest BCUT2D eigenvalue weighted by molar-refractivity contribution is -0.142. The van der Waals surface area contributed by atoms with E-state index in [9.17, 15) is 4.79 Å². The van der Waals surface area contributed by atoms with Gasteiger partial charge in [-0.1, -0.05) is 65.3 Å². The molecule has 0 bridgehead atoms. The Balaban J connectivity index is 1.23. The molecule has 0 spiro atoms. The van der Waals surface area contributed by atoms with E-state index in [-0.39, 0.29) is 11.9 Å². The van der Waals surface area contributed by atoms with Gasteiger partial charge < -0.3 is 14.2 Å². The fraction of sp³-hybridized carbons (Fsp3) is 0.423. The molecule has 2 saturated heterocycles. The number of hydrogen-bond donors (Lipinski definition) is 0. The molecule has 34 heavy (non-hydrogen) atoms. The Morgan fingerprint density at radius 3 is 2.35 bits per heavy atom. The van der Waals surface area contributed by atoms with Crippen molar-refractivity contribution in [2.24, 2.45) is 0 Å². The van der Waals surface area contributed by atoms with Crippen molar-refractivity contribution in [1.82, 2.24) is 24.8 Å². The molecule has 1 aromatic heterocycles. The van der Waals surface area contributed by atoms with E-state index >= 15 is 0 Å². The maximum atomic E-state index is 13.5. The molecule has 0 unspecified atom stereocenters. The van der Waals surface area contributed by atoms with Gasteiger partial charge in [-0.3, -0.25) is 14.6 Å². The standard InChI is InChI=1S/C26H31N5O3/c1-20-7-9-22(10-8-20)25-27-23(34-28-25)19-29-11-13-30(14-12-29)24(21-5-3-2-4-6-21)26(32)31-15-17-33-18-16-31/h2-10,24H,11-19H2,1H3/t24-/m0/s1. The van der Waals surface area contributed by atoms with E-state index < -0.39 is 0 Å². The molecule has 8 nitrogen and oxygen atoms in total. The molecule has 1 amide bonds. The molecular formula is C26H31N5O3. The molecule has 2 aromatic carbocycles. The van der Waals surface area contributed by atoms with Crippen LogP contribution in [0.15, 0.2) is 59.1 Å². The molecule has 5 rings (SSSR count). The van der Waals surface area contributed by atoms with Gasteiger partial charge in [-0.05, 0) is 12.5 Å². The van der Waals surface area contributed by atoms with Crippen molar-refractivity contribution in [1.29, 1.82) is 0 Å². The van der Waals surface area contributed by atoms with Crippen LogP contribution in [0.3, 0.4) is 0 Å². The van der Waals surface area contributed by atoms with Crippen LogP contribution in [0.2, 0.25) is 0 Å². The van der Waals surface area contributed by atoms with Gasteiger partial charge in [0.1, 0.15) is 6.04 Å². The van der Waals surface area contributed by atoms with Crippen LogP contribution in [0.1, 0.15) is 23.1 Å². The van der Waals surface area contributed by atoms with E-state index in [0.29, 0.717) is 44.6 Å². The SMILES string of the molecule is Cc1ccc(-c2noc(CN3CCN([C@H](C(=O)N4CCOCC4)c4ccccc4)CC3)n2)cc1. The number of amides is 1. The molecule has 2 aliphatic heterocycles. The highest BCUT2D eigenvalue weighted by molar-refractivity contribution is 5.83. The van der Waals surface area contributed by atoms with Crippen LogP contribution < -0.4 is 0 Å². The first-order valence-corrected chi connectivity index (χ1v) is 11.9. The number of rotatable bonds is 6. The van der Waals surface area contributed by atoms with Crippen molar-refractivity contribution in [3.63, 3.8) is 0 Å². The van der Waals surface area contributed by atoms with E-state index in [1.807, 2.05) is 47.4 Å². The first kappa shape index (κ1) is 22.7. The second kappa shape index (κ2) is 10.5. The Morgan fingerprint density at radius 2 is 1.65 bits per heavy atom. The van der Waals surface area contributed by atoms with Crippen LogP contribution in [0.25, 0.3) is 11.4 Å². The van der Waals surface area contributed by atoms with E-state index in [1.165, 1.54) is 5.56 Å². The van der Waals surface area contributed by atoms with Crippen LogP contribution in [-0.4, -0.2) is 83.2 Å². The lowest BCUT2D eigenvalue weighted by Gasteiger charge is -2.40. The van der Waals surface area contributed by atoms with Crippen LogP contribution >= 0.6 is 0 Å². The van der Waals surface area contributed by atoms with Gasteiger partial charge in [0, 0.05) is 44.8 Å². The monoisotopic (exact) mass is 461 g/mol. The number of ether oxygens (including phenoxy) is 1. The molecule has 0 radical (unpaired) electrons. The van der Waals surface area contributed by atoms with Gasteiger partial charge >= 0.3 is 0 Å². The average molecular weight is 462 g/mol. The maximum Gasteiger partial charge on any atom is 0.244 e. The van der Waals surface area contributed by atoms with Crippen molar-refractivity contribution in [3.05, 3.63) is 71.6 Å². The Morgan fingerprint density at radius 1 is 0.941 bits per heavy atom. The molecule has 1 atom stereocenters. The minimum Gasteiger partial charge on any atom is -0.378 e. The van der Waals surface area contributed by atoms with Crippen LogP contribution in [0, 0.1) is 6.92 Å². The molecule has 0 N–H and O–H groups in total. The molecule has 3 heterocycles. The highest BCUT2D eigenvalue weighted by Gasteiger charge is 2.34. The zero-order valence-electron chi connectivity index (χ0n) is 19.6. The fourth-order valence-corrected chi connectivity index (χ4v) is 4.61. The molecule has 178 valence electrons. The maximum absolute atomic E-state index is 13.5. The number of benzene rings is 2. The predicted molar refractivity (Wildman–Crippen MR) is 128 cm³/mol. The van der Waals surface area contributed by atoms with Gasteiger partial charge in [-0.15, -0.1) is 0 Å². The Hall–Kier alpha value is -3.07. The number of carbonyl (C=O) groups is 1. The van der Waals surface area contributed by atoms with Crippen molar-refractivity contribution in [2.75, 3.05) is 52.5 Å². The smallest absolute Gasteiger partial charge is 0.244 e. The van der Waals surface area contributed by atoms with E-state index in [0.717, 1.165) is 37.3 Å². The largest absolute Gasteiger partial charge is 0.378 e. The predicted octanol–water partition coefficient (Wildman–Crippen LogP) is 2.76. The molecular weight excluding hydrogens is 430 g/mol. The first-order chi connectivity index (χ1) is 16.7. The molecule has 3 aromatic rings. The minimum atomic E-state index is -0.266. The van der Waals surface area contributed by atoms with Gasteiger partial charge in [0.05, 0.1) is 19.8 Å². The summed E-state index contributed by atoms with van der Waals surface area (Å²) in [6.45, 7) is 8.46. The number of aromatic nitrogens is 2. The number of nitrogens with zero attached hydrogens (tertiary/aromatic N) is 5. The summed E-state index contributed by atoms with van der Waals surface area (Å²) in [7, 11) is 0. The third-order valence-corrected chi connectivity index (χ3v) is 6.58.